The average Bonchev–Trinajstić information content (AvgIpc) is 2.37. The first-order chi connectivity index (χ1) is 9.38. The van der Waals surface area contributed by atoms with Crippen LogP contribution in [0.4, 0.5) is 0 Å². The summed E-state index contributed by atoms with van der Waals surface area (Å²) in [5.41, 5.74) is 0.946. The van der Waals surface area contributed by atoms with Crippen LogP contribution in [0.2, 0.25) is 0 Å². The number of fused-ring (bicyclic) bond motifs is 3. The molecule has 2 saturated carbocycles. The van der Waals surface area contributed by atoms with Gasteiger partial charge in [0.25, 0.3) is 0 Å². The summed E-state index contributed by atoms with van der Waals surface area (Å²) in [5.74, 6) is 0.152. The summed E-state index contributed by atoms with van der Waals surface area (Å²) >= 11 is 0. The van der Waals surface area contributed by atoms with Gasteiger partial charge in [-0.25, -0.2) is 0 Å². The monoisotopic (exact) mass is 278 g/mol. The smallest absolute Gasteiger partial charge is 0.309 e. The standard InChI is InChI=1S/C17H26O3/c1-16-8-3-9-17(2,15(19)20)14(16)7-4-11-10-12(18)5-6-13(11)16/h10,12-14,18H,3-9H2,1-2H3,(H,19,20)/t12-,13+,14+,16+,17+/m0/s1. The molecule has 0 amide bonds. The number of hydrogen-bond donors (Lipinski definition) is 2. The molecule has 0 aromatic heterocycles. The van der Waals surface area contributed by atoms with Crippen molar-refractivity contribution in [1.29, 1.82) is 0 Å². The molecular formula is C17H26O3. The maximum absolute atomic E-state index is 11.8. The highest BCUT2D eigenvalue weighted by molar-refractivity contribution is 5.75. The zero-order valence-corrected chi connectivity index (χ0v) is 12.6. The maximum atomic E-state index is 11.8. The van der Waals surface area contributed by atoms with Crippen molar-refractivity contribution >= 4 is 5.97 Å². The molecule has 5 atom stereocenters. The van der Waals surface area contributed by atoms with E-state index in [1.54, 1.807) is 0 Å². The van der Waals surface area contributed by atoms with E-state index < -0.39 is 11.4 Å². The van der Waals surface area contributed by atoms with Crippen molar-refractivity contribution in [2.75, 3.05) is 0 Å². The summed E-state index contributed by atoms with van der Waals surface area (Å²) in [5, 5.41) is 19.6. The molecule has 3 nitrogen and oxygen atoms in total. The van der Waals surface area contributed by atoms with E-state index in [2.05, 4.69) is 13.0 Å². The molecule has 3 aliphatic rings. The molecular weight excluding hydrogens is 252 g/mol. The van der Waals surface area contributed by atoms with Gasteiger partial charge in [0.1, 0.15) is 0 Å². The van der Waals surface area contributed by atoms with E-state index in [9.17, 15) is 15.0 Å². The lowest BCUT2D eigenvalue weighted by Crippen LogP contribution is -2.54. The zero-order valence-electron chi connectivity index (χ0n) is 12.6. The largest absolute Gasteiger partial charge is 0.481 e. The molecule has 20 heavy (non-hydrogen) atoms. The van der Waals surface area contributed by atoms with Gasteiger partial charge < -0.3 is 10.2 Å². The van der Waals surface area contributed by atoms with Crippen molar-refractivity contribution in [3.8, 4) is 0 Å². The Labute approximate surface area is 121 Å². The van der Waals surface area contributed by atoms with Crippen molar-refractivity contribution in [1.82, 2.24) is 0 Å². The Bertz CT molecular complexity index is 455. The van der Waals surface area contributed by atoms with E-state index in [1.165, 1.54) is 5.57 Å². The SMILES string of the molecule is C[C@]12CCC[C@@](C)(C(=O)O)[C@@H]1CCC1=C[C@@H](O)CC[C@H]12. The van der Waals surface area contributed by atoms with Gasteiger partial charge in [0.2, 0.25) is 0 Å². The van der Waals surface area contributed by atoms with Gasteiger partial charge in [-0.05, 0) is 62.7 Å². The van der Waals surface area contributed by atoms with Crippen LogP contribution in [-0.4, -0.2) is 22.3 Å². The van der Waals surface area contributed by atoms with Crippen LogP contribution in [0, 0.1) is 22.7 Å². The van der Waals surface area contributed by atoms with E-state index in [-0.39, 0.29) is 17.4 Å². The second kappa shape index (κ2) is 4.59. The number of carboxylic acids is 1. The van der Waals surface area contributed by atoms with Gasteiger partial charge in [-0.3, -0.25) is 4.79 Å². The van der Waals surface area contributed by atoms with Crippen molar-refractivity contribution in [3.05, 3.63) is 11.6 Å². The molecule has 3 rings (SSSR count). The number of rotatable bonds is 1. The van der Waals surface area contributed by atoms with Crippen molar-refractivity contribution in [2.24, 2.45) is 22.7 Å². The van der Waals surface area contributed by atoms with Crippen LogP contribution >= 0.6 is 0 Å². The molecule has 0 aromatic rings. The third-order valence-corrected chi connectivity index (χ3v) is 6.59. The molecule has 0 heterocycles. The second-order valence-corrected chi connectivity index (χ2v) is 7.61. The highest BCUT2D eigenvalue weighted by Gasteiger charge is 2.57. The summed E-state index contributed by atoms with van der Waals surface area (Å²) in [7, 11) is 0. The maximum Gasteiger partial charge on any atom is 0.309 e. The molecule has 2 fully saturated rings. The number of allylic oxidation sites excluding steroid dienone is 1. The average molecular weight is 278 g/mol. The van der Waals surface area contributed by atoms with Gasteiger partial charge >= 0.3 is 5.97 Å². The summed E-state index contributed by atoms with van der Waals surface area (Å²) in [6, 6.07) is 0. The fourth-order valence-electron chi connectivity index (χ4n) is 5.53. The van der Waals surface area contributed by atoms with Gasteiger partial charge in [-0.15, -0.1) is 0 Å². The van der Waals surface area contributed by atoms with Crippen LogP contribution in [0.25, 0.3) is 0 Å². The summed E-state index contributed by atoms with van der Waals surface area (Å²) in [6.45, 7) is 4.27. The lowest BCUT2D eigenvalue weighted by molar-refractivity contribution is -0.164. The van der Waals surface area contributed by atoms with E-state index >= 15 is 0 Å². The first kappa shape index (κ1) is 14.1. The number of aliphatic hydroxyl groups is 1. The van der Waals surface area contributed by atoms with Gasteiger partial charge in [-0.2, -0.15) is 0 Å². The quantitative estimate of drug-likeness (QED) is 0.723. The molecule has 0 radical (unpaired) electrons. The normalized spacial score (nSPS) is 48.0. The highest BCUT2D eigenvalue weighted by Crippen LogP contribution is 2.62. The molecule has 112 valence electrons. The Balaban J connectivity index is 1.99. The van der Waals surface area contributed by atoms with Crippen molar-refractivity contribution in [2.45, 2.75) is 64.9 Å². The zero-order chi connectivity index (χ0) is 14.5. The summed E-state index contributed by atoms with van der Waals surface area (Å²) in [6.07, 6.45) is 8.55. The van der Waals surface area contributed by atoms with E-state index in [1.807, 2.05) is 6.92 Å². The lowest BCUT2D eigenvalue weighted by atomic mass is 9.46. The molecule has 0 aliphatic heterocycles. The van der Waals surface area contributed by atoms with E-state index in [0.717, 1.165) is 44.9 Å². The third kappa shape index (κ3) is 1.86. The number of carboxylic acid groups (broad SMARTS) is 1. The van der Waals surface area contributed by atoms with Gasteiger partial charge in [0, 0.05) is 0 Å². The fourth-order valence-corrected chi connectivity index (χ4v) is 5.53. The topological polar surface area (TPSA) is 57.5 Å². The Morgan fingerprint density at radius 3 is 2.70 bits per heavy atom. The van der Waals surface area contributed by atoms with Gasteiger partial charge in [-0.1, -0.05) is 25.0 Å². The lowest BCUT2D eigenvalue weighted by Gasteiger charge is -2.58. The second-order valence-electron chi connectivity index (χ2n) is 7.61. The Morgan fingerprint density at radius 1 is 1.25 bits per heavy atom. The minimum Gasteiger partial charge on any atom is -0.481 e. The minimum atomic E-state index is -0.614. The molecule has 0 saturated heterocycles. The fraction of sp³-hybridized carbons (Fsp3) is 0.824. The van der Waals surface area contributed by atoms with Crippen LogP contribution in [0.3, 0.4) is 0 Å². The Kier molecular flexibility index (Phi) is 3.24. The molecule has 3 aliphatic carbocycles. The van der Waals surface area contributed by atoms with Gasteiger partial charge in [0.05, 0.1) is 11.5 Å². The highest BCUT2D eigenvalue weighted by atomic mass is 16.4. The van der Waals surface area contributed by atoms with Crippen LogP contribution < -0.4 is 0 Å². The van der Waals surface area contributed by atoms with Crippen molar-refractivity contribution < 1.29 is 15.0 Å². The summed E-state index contributed by atoms with van der Waals surface area (Å²) < 4.78 is 0. The molecule has 2 N–H and O–H groups in total. The first-order valence-corrected chi connectivity index (χ1v) is 8.00. The van der Waals surface area contributed by atoms with Crippen LogP contribution in [0.5, 0.6) is 0 Å². The van der Waals surface area contributed by atoms with Crippen LogP contribution in [0.1, 0.15) is 58.8 Å². The van der Waals surface area contributed by atoms with E-state index in [0.29, 0.717) is 5.92 Å². The van der Waals surface area contributed by atoms with Crippen LogP contribution in [0.15, 0.2) is 11.6 Å². The van der Waals surface area contributed by atoms with Crippen LogP contribution in [-0.2, 0) is 4.79 Å². The molecule has 3 heteroatoms. The molecule has 0 unspecified atom stereocenters. The van der Waals surface area contributed by atoms with Crippen molar-refractivity contribution in [3.63, 3.8) is 0 Å². The first-order valence-electron chi connectivity index (χ1n) is 8.00. The predicted molar refractivity (Wildman–Crippen MR) is 77.2 cm³/mol. The predicted octanol–water partition coefficient (Wildman–Crippen LogP) is 3.37. The third-order valence-electron chi connectivity index (χ3n) is 6.59. The number of hydrogen-bond acceptors (Lipinski definition) is 2. The number of carbonyl (C=O) groups is 1. The number of aliphatic hydroxyl groups excluding tert-OH is 1. The Morgan fingerprint density at radius 2 is 2.00 bits per heavy atom. The number of aliphatic carboxylic acids is 1. The molecule has 0 aromatic carbocycles. The Hall–Kier alpha value is -0.830. The minimum absolute atomic E-state index is 0.107. The van der Waals surface area contributed by atoms with E-state index in [4.69, 9.17) is 0 Å². The molecule has 0 spiro atoms. The molecule has 0 bridgehead atoms. The van der Waals surface area contributed by atoms with Gasteiger partial charge in [0.15, 0.2) is 0 Å². The summed E-state index contributed by atoms with van der Waals surface area (Å²) in [4.78, 5) is 11.8.